The molecular formula is C35H30F3NO3. The lowest BCUT2D eigenvalue weighted by atomic mass is 9.92. The molecule has 4 aromatic carbocycles. The molecule has 4 nitrogen and oxygen atoms in total. The van der Waals surface area contributed by atoms with Crippen LogP contribution in [0.4, 0.5) is 13.2 Å². The predicted octanol–water partition coefficient (Wildman–Crippen LogP) is 8.12. The predicted molar refractivity (Wildman–Crippen MR) is 156 cm³/mol. The van der Waals surface area contributed by atoms with Gasteiger partial charge in [-0.2, -0.15) is 13.2 Å². The Hall–Kier alpha value is -4.65. The van der Waals surface area contributed by atoms with Crippen molar-refractivity contribution in [1.82, 2.24) is 4.98 Å². The smallest absolute Gasteiger partial charge is 0.418 e. The van der Waals surface area contributed by atoms with Crippen LogP contribution in [0, 0.1) is 0 Å². The van der Waals surface area contributed by atoms with Crippen molar-refractivity contribution in [2.75, 3.05) is 6.61 Å². The fraction of sp³-hybridized carbons (Fsp3) is 0.200. The van der Waals surface area contributed by atoms with E-state index in [-0.39, 0.29) is 17.9 Å². The van der Waals surface area contributed by atoms with Crippen molar-refractivity contribution in [1.29, 1.82) is 0 Å². The standard InChI is InChI=1S/C35H30F3NO3/c1-2-41-33(40)21-25-11-6-13-27(17-25)23-42-29-14-7-12-26(19-29)20-31-28(18-24-9-4-3-5-10-24)22-39-34-30(31)15-8-16-32(34)35(36,37)38/h3-17,19,22H,2,18,20-21,23H2,1H3. The van der Waals surface area contributed by atoms with Crippen LogP contribution in [-0.2, 0) is 41.6 Å². The molecule has 0 atom stereocenters. The van der Waals surface area contributed by atoms with Gasteiger partial charge in [0.15, 0.2) is 0 Å². The number of pyridine rings is 1. The van der Waals surface area contributed by atoms with Crippen LogP contribution in [0.3, 0.4) is 0 Å². The number of rotatable bonds is 10. The molecule has 42 heavy (non-hydrogen) atoms. The van der Waals surface area contributed by atoms with Gasteiger partial charge in [0.2, 0.25) is 0 Å². The Balaban J connectivity index is 1.41. The summed E-state index contributed by atoms with van der Waals surface area (Å²) >= 11 is 0. The van der Waals surface area contributed by atoms with E-state index < -0.39 is 11.7 Å². The highest BCUT2D eigenvalue weighted by Crippen LogP contribution is 2.36. The van der Waals surface area contributed by atoms with Crippen LogP contribution in [0.2, 0.25) is 0 Å². The topological polar surface area (TPSA) is 48.4 Å². The second-order valence-electron chi connectivity index (χ2n) is 10.0. The molecule has 0 unspecified atom stereocenters. The molecule has 7 heteroatoms. The summed E-state index contributed by atoms with van der Waals surface area (Å²) in [5.41, 5.74) is 4.60. The Kier molecular flexibility index (Phi) is 8.86. The molecule has 0 aliphatic carbocycles. The number of ether oxygens (including phenoxy) is 2. The number of hydrogen-bond donors (Lipinski definition) is 0. The molecule has 0 amide bonds. The third-order valence-corrected chi connectivity index (χ3v) is 6.97. The third-order valence-electron chi connectivity index (χ3n) is 6.97. The first kappa shape index (κ1) is 28.9. The van der Waals surface area contributed by atoms with Gasteiger partial charge >= 0.3 is 12.1 Å². The van der Waals surface area contributed by atoms with Crippen LogP contribution < -0.4 is 4.74 Å². The first-order valence-corrected chi connectivity index (χ1v) is 13.8. The molecule has 0 N–H and O–H groups in total. The first-order valence-electron chi connectivity index (χ1n) is 13.8. The Morgan fingerprint density at radius 1 is 0.786 bits per heavy atom. The summed E-state index contributed by atoms with van der Waals surface area (Å²) in [6, 6.07) is 29.2. The molecule has 0 saturated carbocycles. The van der Waals surface area contributed by atoms with E-state index in [0.29, 0.717) is 37.2 Å². The van der Waals surface area contributed by atoms with Crippen molar-refractivity contribution < 1.29 is 27.4 Å². The minimum Gasteiger partial charge on any atom is -0.489 e. The maximum absolute atomic E-state index is 13.8. The number of alkyl halides is 3. The van der Waals surface area contributed by atoms with E-state index in [1.165, 1.54) is 6.07 Å². The number of hydrogen-bond acceptors (Lipinski definition) is 4. The Bertz CT molecular complexity index is 1680. The molecule has 0 aliphatic heterocycles. The number of benzene rings is 4. The average molecular weight is 570 g/mol. The zero-order valence-electron chi connectivity index (χ0n) is 23.2. The van der Waals surface area contributed by atoms with E-state index >= 15 is 0 Å². The molecular weight excluding hydrogens is 539 g/mol. The highest BCUT2D eigenvalue weighted by Gasteiger charge is 2.33. The summed E-state index contributed by atoms with van der Waals surface area (Å²) < 4.78 is 52.6. The number of carbonyl (C=O) groups is 1. The van der Waals surface area contributed by atoms with Crippen molar-refractivity contribution in [2.24, 2.45) is 0 Å². The van der Waals surface area contributed by atoms with Crippen molar-refractivity contribution in [3.8, 4) is 5.75 Å². The number of halogens is 3. The molecule has 214 valence electrons. The minimum atomic E-state index is -4.51. The van der Waals surface area contributed by atoms with E-state index in [0.717, 1.165) is 39.4 Å². The summed E-state index contributed by atoms with van der Waals surface area (Å²) in [7, 11) is 0. The van der Waals surface area contributed by atoms with E-state index in [9.17, 15) is 18.0 Å². The molecule has 0 fully saturated rings. The van der Waals surface area contributed by atoms with Crippen molar-refractivity contribution in [3.63, 3.8) is 0 Å². The lowest BCUT2D eigenvalue weighted by Crippen LogP contribution is -2.08. The molecule has 0 radical (unpaired) electrons. The van der Waals surface area contributed by atoms with Crippen molar-refractivity contribution >= 4 is 16.9 Å². The van der Waals surface area contributed by atoms with Gasteiger partial charge in [-0.3, -0.25) is 9.78 Å². The summed E-state index contributed by atoms with van der Waals surface area (Å²) in [6.07, 6.45) is -1.78. The highest BCUT2D eigenvalue weighted by molar-refractivity contribution is 5.86. The van der Waals surface area contributed by atoms with E-state index in [1.807, 2.05) is 78.9 Å². The number of nitrogens with zero attached hydrogens (tertiary/aromatic N) is 1. The number of esters is 1. The van der Waals surface area contributed by atoms with E-state index in [2.05, 4.69) is 4.98 Å². The molecule has 0 aliphatic rings. The lowest BCUT2D eigenvalue weighted by Gasteiger charge is -2.17. The zero-order valence-corrected chi connectivity index (χ0v) is 23.2. The largest absolute Gasteiger partial charge is 0.489 e. The summed E-state index contributed by atoms with van der Waals surface area (Å²) in [5, 5.41) is 0.489. The molecule has 1 heterocycles. The first-order chi connectivity index (χ1) is 20.3. The van der Waals surface area contributed by atoms with Crippen LogP contribution in [0.5, 0.6) is 5.75 Å². The second kappa shape index (κ2) is 12.9. The normalized spacial score (nSPS) is 11.4. The Morgan fingerprint density at radius 2 is 1.50 bits per heavy atom. The Morgan fingerprint density at radius 3 is 2.29 bits per heavy atom. The van der Waals surface area contributed by atoms with Gasteiger partial charge in [-0.05, 0) is 71.3 Å². The maximum atomic E-state index is 13.8. The zero-order chi connectivity index (χ0) is 29.5. The summed E-state index contributed by atoms with van der Waals surface area (Å²) in [5.74, 6) is 0.364. The van der Waals surface area contributed by atoms with E-state index in [1.54, 1.807) is 19.2 Å². The molecule has 0 bridgehead atoms. The van der Waals surface area contributed by atoms with Crippen LogP contribution >= 0.6 is 0 Å². The van der Waals surface area contributed by atoms with Crippen molar-refractivity contribution in [2.45, 2.75) is 39.0 Å². The van der Waals surface area contributed by atoms with Gasteiger partial charge in [0.05, 0.1) is 24.1 Å². The van der Waals surface area contributed by atoms with Crippen LogP contribution in [0.1, 0.15) is 45.9 Å². The lowest BCUT2D eigenvalue weighted by molar-refractivity contribution is -0.142. The van der Waals surface area contributed by atoms with Crippen molar-refractivity contribution in [3.05, 3.63) is 142 Å². The van der Waals surface area contributed by atoms with Gasteiger partial charge < -0.3 is 9.47 Å². The van der Waals surface area contributed by atoms with Crippen LogP contribution in [0.25, 0.3) is 10.9 Å². The summed E-state index contributed by atoms with van der Waals surface area (Å²) in [4.78, 5) is 16.1. The van der Waals surface area contributed by atoms with Gasteiger partial charge in [0.1, 0.15) is 12.4 Å². The number of carbonyl (C=O) groups excluding carboxylic acids is 1. The average Bonchev–Trinajstić information content (AvgIpc) is 2.97. The van der Waals surface area contributed by atoms with Gasteiger partial charge in [0, 0.05) is 11.6 Å². The number of aromatic nitrogens is 1. The second-order valence-corrected chi connectivity index (χ2v) is 10.0. The molecule has 1 aromatic heterocycles. The van der Waals surface area contributed by atoms with Gasteiger partial charge in [-0.1, -0.05) is 78.9 Å². The fourth-order valence-electron chi connectivity index (χ4n) is 5.05. The highest BCUT2D eigenvalue weighted by atomic mass is 19.4. The molecule has 0 saturated heterocycles. The fourth-order valence-corrected chi connectivity index (χ4v) is 5.05. The SMILES string of the molecule is CCOC(=O)Cc1cccc(COc2cccc(Cc3c(Cc4ccccc4)cnc4c(C(F)(F)F)cccc34)c2)c1. The van der Waals surface area contributed by atoms with Gasteiger partial charge in [-0.25, -0.2) is 0 Å². The Labute approximate surface area is 242 Å². The number of fused-ring (bicyclic) bond motifs is 1. The van der Waals surface area contributed by atoms with Gasteiger partial charge in [0.25, 0.3) is 0 Å². The van der Waals surface area contributed by atoms with Gasteiger partial charge in [-0.15, -0.1) is 0 Å². The number of para-hydroxylation sites is 1. The minimum absolute atomic E-state index is 0.0492. The van der Waals surface area contributed by atoms with Crippen LogP contribution in [0.15, 0.2) is 103 Å². The quantitative estimate of drug-likeness (QED) is 0.159. The van der Waals surface area contributed by atoms with Crippen LogP contribution in [-0.4, -0.2) is 17.6 Å². The maximum Gasteiger partial charge on any atom is 0.418 e. The molecule has 5 aromatic rings. The monoisotopic (exact) mass is 569 g/mol. The molecule has 0 spiro atoms. The molecule has 5 rings (SSSR count). The van der Waals surface area contributed by atoms with E-state index in [4.69, 9.17) is 9.47 Å². The summed E-state index contributed by atoms with van der Waals surface area (Å²) in [6.45, 7) is 2.41. The third kappa shape index (κ3) is 7.16.